The number of likely N-dealkylation sites (tertiary alicyclic amines) is 1. The summed E-state index contributed by atoms with van der Waals surface area (Å²) in [5.74, 6) is -0.437. The lowest BCUT2D eigenvalue weighted by Crippen LogP contribution is -2.52. The van der Waals surface area contributed by atoms with Crippen LogP contribution in [-0.4, -0.2) is 86.5 Å². The normalized spacial score (nSPS) is 20.2. The Kier molecular flexibility index (Phi) is 9.31. The molecule has 0 spiro atoms. The van der Waals surface area contributed by atoms with Gasteiger partial charge in [0, 0.05) is 55.1 Å². The summed E-state index contributed by atoms with van der Waals surface area (Å²) in [7, 11) is 0. The molecule has 0 unspecified atom stereocenters. The molecule has 0 saturated carbocycles. The van der Waals surface area contributed by atoms with Crippen molar-refractivity contribution in [3.8, 4) is 10.6 Å². The molecule has 1 amide bonds. The first-order chi connectivity index (χ1) is 19.3. The summed E-state index contributed by atoms with van der Waals surface area (Å²) in [6, 6.07) is 2.65. The van der Waals surface area contributed by atoms with E-state index in [4.69, 9.17) is 21.7 Å². The number of thiophene rings is 1. The van der Waals surface area contributed by atoms with Gasteiger partial charge in [-0.05, 0) is 38.8 Å². The van der Waals surface area contributed by atoms with E-state index in [9.17, 15) is 9.59 Å². The maximum Gasteiger partial charge on any atom is 0.304 e. The van der Waals surface area contributed by atoms with Crippen molar-refractivity contribution in [2.45, 2.75) is 58.2 Å². The summed E-state index contributed by atoms with van der Waals surface area (Å²) < 4.78 is 0. The van der Waals surface area contributed by atoms with Crippen LogP contribution in [0.4, 0.5) is 10.9 Å². The minimum absolute atomic E-state index is 0.136. The topological polar surface area (TPSA) is 115 Å². The molecule has 0 radical (unpaired) electrons. The van der Waals surface area contributed by atoms with Crippen LogP contribution in [0, 0.1) is 0 Å². The van der Waals surface area contributed by atoms with E-state index >= 15 is 0 Å². The highest BCUT2D eigenvalue weighted by Crippen LogP contribution is 2.38. The number of carboxylic acids is 1. The first-order valence-corrected chi connectivity index (χ1v) is 15.7. The molecule has 0 aromatic carbocycles. The number of carboxylic acid groups (broad SMARTS) is 1. The van der Waals surface area contributed by atoms with Crippen molar-refractivity contribution in [3.63, 3.8) is 0 Å². The summed E-state index contributed by atoms with van der Waals surface area (Å²) in [6.07, 6.45) is 6.80. The van der Waals surface area contributed by atoms with Gasteiger partial charge in [-0.1, -0.05) is 29.9 Å². The molecule has 13 heteroatoms. The molecule has 2 aliphatic heterocycles. The quantitative estimate of drug-likeness (QED) is 0.333. The van der Waals surface area contributed by atoms with Crippen molar-refractivity contribution in [2.75, 3.05) is 42.9 Å². The van der Waals surface area contributed by atoms with E-state index in [1.54, 1.807) is 17.5 Å². The maximum absolute atomic E-state index is 13.1. The molecule has 0 bridgehead atoms. The number of nitrogens with one attached hydrogen (secondary N) is 1. The number of halogens is 1. The van der Waals surface area contributed by atoms with Crippen LogP contribution in [0.1, 0.15) is 54.9 Å². The molecule has 3 aromatic rings. The molecule has 2 atom stereocenters. The molecule has 40 heavy (non-hydrogen) atoms. The fraction of sp³-hybridized carbons (Fsp3) is 0.519. The molecular formula is C27H34ClN7O3S2. The fourth-order valence-corrected chi connectivity index (χ4v) is 7.62. The molecule has 3 aromatic heterocycles. The van der Waals surface area contributed by atoms with Crippen LogP contribution >= 0.6 is 34.3 Å². The zero-order valence-electron chi connectivity index (χ0n) is 22.7. The van der Waals surface area contributed by atoms with Crippen molar-refractivity contribution in [2.24, 2.45) is 0 Å². The van der Waals surface area contributed by atoms with Gasteiger partial charge in [-0.25, -0.2) is 15.0 Å². The van der Waals surface area contributed by atoms with Gasteiger partial charge >= 0.3 is 5.97 Å². The average molecular weight is 604 g/mol. The number of anilines is 2. The Morgan fingerprint density at radius 2 is 2.08 bits per heavy atom. The fourth-order valence-electron chi connectivity index (χ4n) is 5.47. The standard InChI is InChI=1S/C27H34ClN7O3S2/c1-3-19-5-4-7-34(19)15-22-25(21-11-18(28)16-39-21)31-27(40-22)32-26(38)20-12-30-23(13-29-20)35-10-9-33(14-17(35)2)8-6-24(36)37/h11-13,16-17,19H,3-10,14-15H2,1-2H3,(H,36,37)(H,31,32,38)/t17-,19-/m1/s1. The second kappa shape index (κ2) is 12.9. The Morgan fingerprint density at radius 1 is 1.23 bits per heavy atom. The van der Waals surface area contributed by atoms with Gasteiger partial charge in [0.25, 0.3) is 5.91 Å². The minimum Gasteiger partial charge on any atom is -0.481 e. The number of carbonyl (C=O) groups is 2. The van der Waals surface area contributed by atoms with Crippen LogP contribution in [0.15, 0.2) is 23.8 Å². The summed E-state index contributed by atoms with van der Waals surface area (Å²) in [6.45, 7) is 8.94. The predicted octanol–water partition coefficient (Wildman–Crippen LogP) is 4.93. The van der Waals surface area contributed by atoms with Gasteiger partial charge in [0.1, 0.15) is 11.5 Å². The SMILES string of the molecule is CC[C@@H]1CCCN1Cc1sc(NC(=O)c2cnc(N3CCN(CCC(=O)O)C[C@H]3C)cn2)nc1-c1cc(Cl)cs1. The van der Waals surface area contributed by atoms with Crippen molar-refractivity contribution in [3.05, 3.63) is 39.4 Å². The van der Waals surface area contributed by atoms with Crippen LogP contribution in [-0.2, 0) is 11.3 Å². The molecule has 5 rings (SSSR count). The molecule has 2 aliphatic rings. The highest BCUT2D eigenvalue weighted by Gasteiger charge is 2.27. The zero-order chi connectivity index (χ0) is 28.2. The maximum atomic E-state index is 13.1. The summed E-state index contributed by atoms with van der Waals surface area (Å²) >= 11 is 9.28. The smallest absolute Gasteiger partial charge is 0.304 e. The van der Waals surface area contributed by atoms with Gasteiger partial charge in [-0.2, -0.15) is 0 Å². The number of rotatable bonds is 10. The number of hydrogen-bond donors (Lipinski definition) is 2. The molecule has 10 nitrogen and oxygen atoms in total. The van der Waals surface area contributed by atoms with E-state index in [0.717, 1.165) is 48.0 Å². The lowest BCUT2D eigenvalue weighted by atomic mass is 10.1. The third kappa shape index (κ3) is 6.80. The Labute approximate surface area is 247 Å². The van der Waals surface area contributed by atoms with E-state index in [2.05, 4.69) is 43.8 Å². The van der Waals surface area contributed by atoms with Gasteiger partial charge in [0.2, 0.25) is 0 Å². The van der Waals surface area contributed by atoms with Crippen molar-refractivity contribution in [1.29, 1.82) is 0 Å². The summed E-state index contributed by atoms with van der Waals surface area (Å²) in [4.78, 5) is 46.6. The minimum atomic E-state index is -0.785. The van der Waals surface area contributed by atoms with Gasteiger partial charge in [0.15, 0.2) is 5.13 Å². The molecule has 0 aliphatic carbocycles. The highest BCUT2D eigenvalue weighted by atomic mass is 35.5. The van der Waals surface area contributed by atoms with E-state index < -0.39 is 5.97 Å². The molecule has 5 heterocycles. The summed E-state index contributed by atoms with van der Waals surface area (Å²) in [5.41, 5.74) is 1.09. The number of piperazine rings is 1. The van der Waals surface area contributed by atoms with E-state index in [0.29, 0.717) is 35.1 Å². The van der Waals surface area contributed by atoms with E-state index in [1.165, 1.54) is 30.4 Å². The van der Waals surface area contributed by atoms with Crippen LogP contribution < -0.4 is 10.2 Å². The first-order valence-electron chi connectivity index (χ1n) is 13.6. The monoisotopic (exact) mass is 603 g/mol. The lowest BCUT2D eigenvalue weighted by Gasteiger charge is -2.40. The third-order valence-electron chi connectivity index (χ3n) is 7.55. The Bertz CT molecular complexity index is 1330. The lowest BCUT2D eigenvalue weighted by molar-refractivity contribution is -0.137. The Hall–Kier alpha value is -2.64. The van der Waals surface area contributed by atoms with Crippen LogP contribution in [0.3, 0.4) is 0 Å². The Morgan fingerprint density at radius 3 is 2.75 bits per heavy atom. The molecule has 2 saturated heterocycles. The first kappa shape index (κ1) is 28.9. The van der Waals surface area contributed by atoms with Crippen molar-refractivity contribution >= 4 is 57.1 Å². The van der Waals surface area contributed by atoms with Gasteiger partial charge in [-0.3, -0.25) is 24.7 Å². The van der Waals surface area contributed by atoms with Gasteiger partial charge in [-0.15, -0.1) is 11.3 Å². The number of hydrogen-bond acceptors (Lipinski definition) is 10. The Balaban J connectivity index is 1.26. The number of nitrogens with zero attached hydrogens (tertiary/aromatic N) is 6. The van der Waals surface area contributed by atoms with Crippen LogP contribution in [0.25, 0.3) is 10.6 Å². The van der Waals surface area contributed by atoms with Crippen LogP contribution in [0.5, 0.6) is 0 Å². The van der Waals surface area contributed by atoms with E-state index in [-0.39, 0.29) is 24.1 Å². The molecule has 2 N–H and O–H groups in total. The third-order valence-corrected chi connectivity index (χ3v) is 9.79. The average Bonchev–Trinajstić information content (AvgIpc) is 3.67. The molecular weight excluding hydrogens is 570 g/mol. The summed E-state index contributed by atoms with van der Waals surface area (Å²) in [5, 5.41) is 15.0. The van der Waals surface area contributed by atoms with Crippen molar-refractivity contribution < 1.29 is 14.7 Å². The van der Waals surface area contributed by atoms with Crippen molar-refractivity contribution in [1.82, 2.24) is 24.8 Å². The number of carbonyl (C=O) groups excluding carboxylic acids is 1. The van der Waals surface area contributed by atoms with Gasteiger partial charge < -0.3 is 10.0 Å². The second-order valence-electron chi connectivity index (χ2n) is 10.3. The number of aromatic nitrogens is 3. The predicted molar refractivity (Wildman–Crippen MR) is 160 cm³/mol. The second-order valence-corrected chi connectivity index (χ2v) is 12.7. The number of thiazole rings is 1. The largest absolute Gasteiger partial charge is 0.481 e. The highest BCUT2D eigenvalue weighted by molar-refractivity contribution is 7.17. The van der Waals surface area contributed by atoms with E-state index in [1.807, 2.05) is 11.4 Å². The zero-order valence-corrected chi connectivity index (χ0v) is 25.1. The number of aliphatic carboxylic acids is 1. The number of amides is 1. The molecule has 214 valence electrons. The van der Waals surface area contributed by atoms with Crippen LogP contribution in [0.2, 0.25) is 5.02 Å². The molecule has 2 fully saturated rings. The van der Waals surface area contributed by atoms with Gasteiger partial charge in [0.05, 0.1) is 34.4 Å².